The lowest BCUT2D eigenvalue weighted by atomic mass is 10.1. The van der Waals surface area contributed by atoms with Crippen molar-refractivity contribution in [1.29, 1.82) is 0 Å². The molecule has 1 unspecified atom stereocenters. The maximum absolute atomic E-state index is 13.1. The Morgan fingerprint density at radius 1 is 1.19 bits per heavy atom. The van der Waals surface area contributed by atoms with Crippen LogP contribution < -0.4 is 15.1 Å². The Morgan fingerprint density at radius 3 is 2.68 bits per heavy atom. The Morgan fingerprint density at radius 2 is 1.97 bits per heavy atom. The van der Waals surface area contributed by atoms with Gasteiger partial charge in [-0.15, -0.1) is 0 Å². The van der Waals surface area contributed by atoms with Gasteiger partial charge in [-0.1, -0.05) is 22.0 Å². The van der Waals surface area contributed by atoms with Gasteiger partial charge in [0.25, 0.3) is 0 Å². The van der Waals surface area contributed by atoms with Crippen molar-refractivity contribution in [2.75, 3.05) is 54.4 Å². The first-order chi connectivity index (χ1) is 14.9. The zero-order chi connectivity index (χ0) is 22.0. The lowest BCUT2D eigenvalue weighted by Gasteiger charge is -2.36. The summed E-state index contributed by atoms with van der Waals surface area (Å²) in [7, 11) is 0. The molecule has 31 heavy (non-hydrogen) atoms. The van der Waals surface area contributed by atoms with Crippen molar-refractivity contribution < 1.29 is 9.59 Å². The highest BCUT2D eigenvalue weighted by Crippen LogP contribution is 2.28. The molecule has 2 aliphatic heterocycles. The van der Waals surface area contributed by atoms with Crippen LogP contribution in [0.5, 0.6) is 0 Å². The van der Waals surface area contributed by atoms with E-state index in [1.807, 2.05) is 49.1 Å². The molecule has 3 heterocycles. The molecule has 2 aliphatic rings. The summed E-state index contributed by atoms with van der Waals surface area (Å²) in [6.45, 7) is 7.79. The fraction of sp³-hybridized carbons (Fsp3) is 0.455. The molecule has 1 aromatic heterocycles. The zero-order valence-corrected chi connectivity index (χ0v) is 19.4. The van der Waals surface area contributed by atoms with Gasteiger partial charge < -0.3 is 20.0 Å². The summed E-state index contributed by atoms with van der Waals surface area (Å²) in [5.41, 5.74) is 1.74. The van der Waals surface area contributed by atoms with E-state index < -0.39 is 0 Å². The molecule has 2 fully saturated rings. The lowest BCUT2D eigenvalue weighted by molar-refractivity contribution is -0.136. The van der Waals surface area contributed by atoms with Crippen LogP contribution in [0.3, 0.4) is 0 Å². The molecule has 4 rings (SSSR count). The molecule has 2 amide bonds. The van der Waals surface area contributed by atoms with Gasteiger partial charge in [0, 0.05) is 67.6 Å². The van der Waals surface area contributed by atoms with Crippen molar-refractivity contribution in [2.45, 2.75) is 20.3 Å². The standard InChI is InChI=1S/C22H27BrN6O2/c1-3-24-19-11-15(2)25-22(26-19)28-9-7-27(8-10-28)21(31)16-12-20(30)29(14-16)18-6-4-5-17(23)13-18/h4-6,11,13,16H,3,7-10,12,14H2,1-2H3,(H,24,25,26). The molecular weight excluding hydrogens is 460 g/mol. The summed E-state index contributed by atoms with van der Waals surface area (Å²) in [6.07, 6.45) is 0.262. The van der Waals surface area contributed by atoms with Crippen molar-refractivity contribution >= 4 is 45.2 Å². The third kappa shape index (κ3) is 4.81. The minimum atomic E-state index is -0.298. The van der Waals surface area contributed by atoms with Crippen LogP contribution in [0.2, 0.25) is 0 Å². The monoisotopic (exact) mass is 486 g/mol. The van der Waals surface area contributed by atoms with E-state index in [9.17, 15) is 9.59 Å². The molecule has 1 aromatic carbocycles. The quantitative estimate of drug-likeness (QED) is 0.699. The Labute approximate surface area is 190 Å². The normalized spacial score (nSPS) is 19.1. The van der Waals surface area contributed by atoms with Gasteiger partial charge in [0.2, 0.25) is 17.8 Å². The predicted octanol–water partition coefficient (Wildman–Crippen LogP) is 2.68. The van der Waals surface area contributed by atoms with Crippen LogP contribution in [0.15, 0.2) is 34.8 Å². The fourth-order valence-electron chi connectivity index (χ4n) is 4.12. The Balaban J connectivity index is 1.37. The van der Waals surface area contributed by atoms with Crippen LogP contribution in [0.1, 0.15) is 19.0 Å². The number of anilines is 3. The van der Waals surface area contributed by atoms with Crippen molar-refractivity contribution in [1.82, 2.24) is 14.9 Å². The highest BCUT2D eigenvalue weighted by atomic mass is 79.9. The number of aromatic nitrogens is 2. The van der Waals surface area contributed by atoms with Crippen LogP contribution in [-0.2, 0) is 9.59 Å². The number of piperazine rings is 1. The predicted molar refractivity (Wildman–Crippen MR) is 124 cm³/mol. The first-order valence-corrected chi connectivity index (χ1v) is 11.4. The van der Waals surface area contributed by atoms with Gasteiger partial charge in [-0.2, -0.15) is 4.98 Å². The molecule has 2 aromatic rings. The second-order valence-electron chi connectivity index (χ2n) is 7.92. The minimum Gasteiger partial charge on any atom is -0.370 e. The molecule has 2 saturated heterocycles. The third-order valence-corrected chi connectivity index (χ3v) is 6.16. The number of hydrogen-bond donors (Lipinski definition) is 1. The topological polar surface area (TPSA) is 81.7 Å². The number of benzene rings is 1. The van der Waals surface area contributed by atoms with Crippen molar-refractivity contribution in [3.8, 4) is 0 Å². The van der Waals surface area contributed by atoms with Gasteiger partial charge in [-0.05, 0) is 32.0 Å². The molecule has 0 bridgehead atoms. The van der Waals surface area contributed by atoms with Crippen molar-refractivity contribution in [3.05, 3.63) is 40.5 Å². The molecular formula is C22H27BrN6O2. The first kappa shape index (κ1) is 21.5. The number of carbonyl (C=O) groups excluding carboxylic acids is 2. The first-order valence-electron chi connectivity index (χ1n) is 10.6. The van der Waals surface area contributed by atoms with Crippen molar-refractivity contribution in [3.63, 3.8) is 0 Å². The summed E-state index contributed by atoms with van der Waals surface area (Å²) in [5, 5.41) is 3.24. The van der Waals surface area contributed by atoms with E-state index in [0.717, 1.165) is 28.2 Å². The van der Waals surface area contributed by atoms with Gasteiger partial charge in [0.1, 0.15) is 5.82 Å². The fourth-order valence-corrected chi connectivity index (χ4v) is 4.50. The van der Waals surface area contributed by atoms with Crippen LogP contribution in [0.25, 0.3) is 0 Å². The van der Waals surface area contributed by atoms with Gasteiger partial charge in [-0.3, -0.25) is 9.59 Å². The number of aryl methyl sites for hydroxylation is 1. The van der Waals surface area contributed by atoms with Crippen LogP contribution in [0, 0.1) is 12.8 Å². The molecule has 0 aliphatic carbocycles. The summed E-state index contributed by atoms with van der Waals surface area (Å²) in [5.74, 6) is 1.28. The zero-order valence-electron chi connectivity index (χ0n) is 17.8. The average molecular weight is 487 g/mol. The molecule has 9 heteroatoms. The summed E-state index contributed by atoms with van der Waals surface area (Å²) in [6, 6.07) is 9.56. The SMILES string of the molecule is CCNc1cc(C)nc(N2CCN(C(=O)C3CC(=O)N(c4cccc(Br)c4)C3)CC2)n1. The Bertz CT molecular complexity index is 976. The Hall–Kier alpha value is -2.68. The van der Waals surface area contributed by atoms with E-state index >= 15 is 0 Å². The molecule has 8 nitrogen and oxygen atoms in total. The minimum absolute atomic E-state index is 0.000740. The summed E-state index contributed by atoms with van der Waals surface area (Å²) in [4.78, 5) is 40.5. The average Bonchev–Trinajstić information content (AvgIpc) is 3.15. The van der Waals surface area contributed by atoms with E-state index in [4.69, 9.17) is 0 Å². The second kappa shape index (κ2) is 9.21. The number of rotatable bonds is 5. The lowest BCUT2D eigenvalue weighted by Crippen LogP contribution is -2.51. The third-order valence-electron chi connectivity index (χ3n) is 5.67. The van der Waals surface area contributed by atoms with Crippen LogP contribution in [-0.4, -0.2) is 66.0 Å². The number of carbonyl (C=O) groups is 2. The number of nitrogens with one attached hydrogen (secondary N) is 1. The molecule has 0 radical (unpaired) electrons. The smallest absolute Gasteiger partial charge is 0.228 e. The largest absolute Gasteiger partial charge is 0.370 e. The van der Waals surface area contributed by atoms with Crippen LogP contribution >= 0.6 is 15.9 Å². The van der Waals surface area contributed by atoms with Gasteiger partial charge in [-0.25, -0.2) is 4.98 Å². The molecule has 164 valence electrons. The van der Waals surface area contributed by atoms with Crippen molar-refractivity contribution in [2.24, 2.45) is 5.92 Å². The van der Waals surface area contributed by atoms with Crippen LogP contribution in [0.4, 0.5) is 17.5 Å². The Kier molecular flexibility index (Phi) is 6.41. The molecule has 1 atom stereocenters. The molecule has 1 N–H and O–H groups in total. The summed E-state index contributed by atoms with van der Waals surface area (Å²) >= 11 is 3.45. The van der Waals surface area contributed by atoms with E-state index in [0.29, 0.717) is 38.7 Å². The second-order valence-corrected chi connectivity index (χ2v) is 8.84. The number of amides is 2. The molecule has 0 spiro atoms. The maximum Gasteiger partial charge on any atom is 0.228 e. The van der Waals surface area contributed by atoms with E-state index in [2.05, 4.69) is 36.1 Å². The van der Waals surface area contributed by atoms with Gasteiger partial charge in [0.05, 0.1) is 5.92 Å². The van der Waals surface area contributed by atoms with E-state index in [-0.39, 0.29) is 24.2 Å². The van der Waals surface area contributed by atoms with E-state index in [1.54, 1.807) is 4.90 Å². The number of nitrogens with zero attached hydrogens (tertiary/aromatic N) is 5. The highest BCUT2D eigenvalue weighted by Gasteiger charge is 2.38. The maximum atomic E-state index is 13.1. The molecule has 0 saturated carbocycles. The highest BCUT2D eigenvalue weighted by molar-refractivity contribution is 9.10. The number of halogens is 1. The van der Waals surface area contributed by atoms with Gasteiger partial charge >= 0.3 is 0 Å². The van der Waals surface area contributed by atoms with Gasteiger partial charge in [0.15, 0.2) is 0 Å². The summed E-state index contributed by atoms with van der Waals surface area (Å²) < 4.78 is 0.916. The van der Waals surface area contributed by atoms with E-state index in [1.165, 1.54) is 0 Å². The number of hydrogen-bond acceptors (Lipinski definition) is 6.